The average Bonchev–Trinajstić information content (AvgIpc) is 2.28. The van der Waals surface area contributed by atoms with Crippen LogP contribution in [0, 0.1) is 0 Å². The Labute approximate surface area is 109 Å². The van der Waals surface area contributed by atoms with E-state index < -0.39 is 0 Å². The number of benzene rings is 1. The second-order valence-corrected chi connectivity index (χ2v) is 5.07. The van der Waals surface area contributed by atoms with Crippen LogP contribution in [0.4, 0.5) is 0 Å². The Bertz CT molecular complexity index is 397. The van der Waals surface area contributed by atoms with Gasteiger partial charge in [-0.05, 0) is 38.0 Å². The molecule has 0 radical (unpaired) electrons. The molecule has 1 aromatic rings. The molecule has 2 N–H and O–H groups in total. The molecule has 0 amide bonds. The van der Waals surface area contributed by atoms with Gasteiger partial charge in [-0.15, -0.1) is 0 Å². The van der Waals surface area contributed by atoms with E-state index in [0.717, 1.165) is 29.0 Å². The summed E-state index contributed by atoms with van der Waals surface area (Å²) in [6.07, 6.45) is 0.722. The largest absolute Gasteiger partial charge is 0.496 e. The molecule has 1 rings (SSSR count). The summed E-state index contributed by atoms with van der Waals surface area (Å²) in [5.41, 5.74) is 7.78. The van der Waals surface area contributed by atoms with Crippen LogP contribution in [-0.2, 0) is 17.8 Å². The summed E-state index contributed by atoms with van der Waals surface area (Å²) >= 11 is 0. The minimum absolute atomic E-state index is 0.291. The van der Waals surface area contributed by atoms with Gasteiger partial charge in [-0.2, -0.15) is 0 Å². The van der Waals surface area contributed by atoms with E-state index >= 15 is 0 Å². The lowest BCUT2D eigenvalue weighted by Gasteiger charge is -2.21. The van der Waals surface area contributed by atoms with E-state index in [1.165, 1.54) is 0 Å². The van der Waals surface area contributed by atoms with Crippen molar-refractivity contribution in [3.63, 3.8) is 0 Å². The normalized spacial score (nSPS) is 11.4. The highest BCUT2D eigenvalue weighted by molar-refractivity contribution is 5.47. The maximum Gasteiger partial charge on any atom is 0.124 e. The highest BCUT2D eigenvalue weighted by Crippen LogP contribution is 2.31. The molecule has 4 heteroatoms. The van der Waals surface area contributed by atoms with Crippen molar-refractivity contribution in [3.05, 3.63) is 23.3 Å². The lowest BCUT2D eigenvalue weighted by atomic mass is 9.94. The van der Waals surface area contributed by atoms with Crippen molar-refractivity contribution in [2.45, 2.75) is 32.4 Å². The van der Waals surface area contributed by atoms with Crippen molar-refractivity contribution in [2.24, 2.45) is 5.73 Å². The Hall–Kier alpha value is -1.26. The van der Waals surface area contributed by atoms with Crippen LogP contribution in [0.5, 0.6) is 11.5 Å². The predicted octanol–water partition coefficient (Wildman–Crippen LogP) is 2.13. The zero-order valence-electron chi connectivity index (χ0n) is 11.9. The zero-order valence-corrected chi connectivity index (χ0v) is 11.9. The lowest BCUT2D eigenvalue weighted by molar-refractivity contribution is 0.181. The Morgan fingerprint density at radius 1 is 1.00 bits per heavy atom. The Morgan fingerprint density at radius 3 is 1.94 bits per heavy atom. The first-order valence-electron chi connectivity index (χ1n) is 5.93. The van der Waals surface area contributed by atoms with Gasteiger partial charge in [-0.1, -0.05) is 0 Å². The molecule has 0 bridgehead atoms. The first kappa shape index (κ1) is 14.8. The third-order valence-electron chi connectivity index (χ3n) is 2.63. The van der Waals surface area contributed by atoms with Gasteiger partial charge >= 0.3 is 0 Å². The maximum atomic E-state index is 6.06. The van der Waals surface area contributed by atoms with E-state index in [0.29, 0.717) is 6.61 Å². The van der Waals surface area contributed by atoms with Crippen molar-refractivity contribution in [1.29, 1.82) is 0 Å². The van der Waals surface area contributed by atoms with Crippen molar-refractivity contribution < 1.29 is 14.2 Å². The SMILES string of the molecule is COCc1cc(OC)c(CC(C)(C)N)cc1OC. The fraction of sp³-hybridized carbons (Fsp3) is 0.571. The first-order valence-corrected chi connectivity index (χ1v) is 5.93. The van der Waals surface area contributed by atoms with Gasteiger partial charge in [0.2, 0.25) is 0 Å². The van der Waals surface area contributed by atoms with Gasteiger partial charge in [0, 0.05) is 18.2 Å². The Morgan fingerprint density at radius 2 is 1.50 bits per heavy atom. The van der Waals surface area contributed by atoms with Gasteiger partial charge in [-0.25, -0.2) is 0 Å². The van der Waals surface area contributed by atoms with Crippen LogP contribution in [0.2, 0.25) is 0 Å². The standard InChI is InChI=1S/C14H23NO3/c1-14(2,15)8-10-6-13(18-5)11(9-16-3)7-12(10)17-4/h6-7H,8-9,15H2,1-5H3. The molecule has 0 saturated carbocycles. The summed E-state index contributed by atoms with van der Waals surface area (Å²) in [5.74, 6) is 1.62. The van der Waals surface area contributed by atoms with Gasteiger partial charge in [0.05, 0.1) is 20.8 Å². The Kier molecular flexibility index (Phi) is 4.99. The summed E-state index contributed by atoms with van der Waals surface area (Å²) in [6.45, 7) is 4.47. The highest BCUT2D eigenvalue weighted by Gasteiger charge is 2.17. The topological polar surface area (TPSA) is 53.7 Å². The van der Waals surface area contributed by atoms with Crippen LogP contribution in [0.3, 0.4) is 0 Å². The third kappa shape index (κ3) is 3.89. The molecule has 0 saturated heterocycles. The van der Waals surface area contributed by atoms with Crippen molar-refractivity contribution >= 4 is 0 Å². The van der Waals surface area contributed by atoms with Crippen LogP contribution in [0.15, 0.2) is 12.1 Å². The number of methoxy groups -OCH3 is 3. The minimum Gasteiger partial charge on any atom is -0.496 e. The Balaban J connectivity index is 3.17. The lowest BCUT2D eigenvalue weighted by Crippen LogP contribution is -2.34. The molecule has 0 spiro atoms. The van der Waals surface area contributed by atoms with Gasteiger partial charge < -0.3 is 19.9 Å². The van der Waals surface area contributed by atoms with Crippen LogP contribution in [0.1, 0.15) is 25.0 Å². The monoisotopic (exact) mass is 253 g/mol. The number of nitrogens with two attached hydrogens (primary N) is 1. The number of ether oxygens (including phenoxy) is 3. The fourth-order valence-corrected chi connectivity index (χ4v) is 1.92. The quantitative estimate of drug-likeness (QED) is 0.844. The van der Waals surface area contributed by atoms with Gasteiger partial charge in [0.25, 0.3) is 0 Å². The van der Waals surface area contributed by atoms with E-state index in [1.807, 2.05) is 26.0 Å². The zero-order chi connectivity index (χ0) is 13.8. The van der Waals surface area contributed by atoms with Crippen LogP contribution >= 0.6 is 0 Å². The minimum atomic E-state index is -0.291. The van der Waals surface area contributed by atoms with E-state index in [-0.39, 0.29) is 5.54 Å². The molecular weight excluding hydrogens is 230 g/mol. The molecule has 0 atom stereocenters. The summed E-state index contributed by atoms with van der Waals surface area (Å²) in [6, 6.07) is 3.92. The van der Waals surface area contributed by atoms with Gasteiger partial charge in [0.1, 0.15) is 11.5 Å². The predicted molar refractivity (Wildman–Crippen MR) is 72.2 cm³/mol. The highest BCUT2D eigenvalue weighted by atomic mass is 16.5. The van der Waals surface area contributed by atoms with Crippen molar-refractivity contribution in [2.75, 3.05) is 21.3 Å². The van der Waals surface area contributed by atoms with Gasteiger partial charge in [-0.3, -0.25) is 0 Å². The van der Waals surface area contributed by atoms with Crippen LogP contribution < -0.4 is 15.2 Å². The summed E-state index contributed by atoms with van der Waals surface area (Å²) in [4.78, 5) is 0. The summed E-state index contributed by atoms with van der Waals surface area (Å²) in [5, 5.41) is 0. The summed E-state index contributed by atoms with van der Waals surface area (Å²) < 4.78 is 15.9. The van der Waals surface area contributed by atoms with Crippen LogP contribution in [-0.4, -0.2) is 26.9 Å². The number of rotatable bonds is 6. The van der Waals surface area contributed by atoms with E-state index in [4.69, 9.17) is 19.9 Å². The number of hydrogen-bond donors (Lipinski definition) is 1. The molecule has 4 nitrogen and oxygen atoms in total. The molecule has 0 aliphatic carbocycles. The van der Waals surface area contributed by atoms with Crippen LogP contribution in [0.25, 0.3) is 0 Å². The smallest absolute Gasteiger partial charge is 0.124 e. The molecule has 0 heterocycles. The van der Waals surface area contributed by atoms with Crippen molar-refractivity contribution in [1.82, 2.24) is 0 Å². The fourth-order valence-electron chi connectivity index (χ4n) is 1.92. The molecular formula is C14H23NO3. The second kappa shape index (κ2) is 6.07. The van der Waals surface area contributed by atoms with E-state index in [9.17, 15) is 0 Å². The maximum absolute atomic E-state index is 6.06. The molecule has 1 aromatic carbocycles. The molecule has 102 valence electrons. The molecule has 18 heavy (non-hydrogen) atoms. The van der Waals surface area contributed by atoms with E-state index in [1.54, 1.807) is 21.3 Å². The summed E-state index contributed by atoms with van der Waals surface area (Å²) in [7, 11) is 4.96. The molecule has 0 fully saturated rings. The van der Waals surface area contributed by atoms with Gasteiger partial charge in [0.15, 0.2) is 0 Å². The third-order valence-corrected chi connectivity index (χ3v) is 2.63. The first-order chi connectivity index (χ1) is 8.41. The molecule has 0 unspecified atom stereocenters. The molecule has 0 aromatic heterocycles. The molecule has 0 aliphatic rings. The number of hydrogen-bond acceptors (Lipinski definition) is 4. The van der Waals surface area contributed by atoms with E-state index in [2.05, 4.69) is 0 Å². The molecule has 0 aliphatic heterocycles. The van der Waals surface area contributed by atoms with Crippen molar-refractivity contribution in [3.8, 4) is 11.5 Å². The average molecular weight is 253 g/mol. The second-order valence-electron chi connectivity index (χ2n) is 5.07.